The molecule has 0 atom stereocenters. The molecule has 9 heteroatoms. The Balaban J connectivity index is 0.00000364. The van der Waals surface area contributed by atoms with E-state index >= 15 is 0 Å². The van der Waals surface area contributed by atoms with Gasteiger partial charge in [0.05, 0.1) is 6.26 Å². The van der Waals surface area contributed by atoms with Crippen molar-refractivity contribution in [3.8, 4) is 0 Å². The van der Waals surface area contributed by atoms with Crippen LogP contribution in [0.1, 0.15) is 11.1 Å². The molecule has 0 saturated carbocycles. The Morgan fingerprint density at radius 2 is 1.81 bits per heavy atom. The van der Waals surface area contributed by atoms with Crippen molar-refractivity contribution in [3.05, 3.63) is 65.5 Å². The van der Waals surface area contributed by atoms with Gasteiger partial charge in [0.15, 0.2) is 5.96 Å². The first-order valence-electron chi connectivity index (χ1n) is 8.00. The van der Waals surface area contributed by atoms with Gasteiger partial charge in [0.2, 0.25) is 10.0 Å². The molecule has 0 radical (unpaired) electrons. The number of hydrogen-bond donors (Lipinski definition) is 2. The van der Waals surface area contributed by atoms with Gasteiger partial charge < -0.3 is 10.2 Å². The number of guanidine groups is 1. The largest absolute Gasteiger partial charge is 0.352 e. The van der Waals surface area contributed by atoms with E-state index in [1.165, 1.54) is 12.1 Å². The van der Waals surface area contributed by atoms with Crippen LogP contribution in [0.2, 0.25) is 0 Å². The van der Waals surface area contributed by atoms with Gasteiger partial charge in [0, 0.05) is 32.9 Å². The fourth-order valence-corrected chi connectivity index (χ4v) is 3.02. The van der Waals surface area contributed by atoms with Gasteiger partial charge in [-0.2, -0.15) is 0 Å². The van der Waals surface area contributed by atoms with Crippen molar-refractivity contribution >= 4 is 45.6 Å². The molecule has 0 heterocycles. The number of anilines is 1. The highest BCUT2D eigenvalue weighted by Crippen LogP contribution is 2.11. The van der Waals surface area contributed by atoms with Crippen LogP contribution < -0.4 is 10.0 Å². The zero-order chi connectivity index (χ0) is 19.2. The number of halogens is 2. The molecule has 0 spiro atoms. The standard InChI is InChI=1S/C18H23FN4O2S.HI/c1-20-18(23(2)13-15-5-4-6-16(19)11-15)21-12-14-7-9-17(10-8-14)22-26(3,24)25;/h4-11,22H,12-13H2,1-3H3,(H,20,21);1H. The molecule has 0 unspecified atom stereocenters. The number of nitrogens with zero attached hydrogens (tertiary/aromatic N) is 2. The van der Waals surface area contributed by atoms with E-state index in [-0.39, 0.29) is 29.8 Å². The summed E-state index contributed by atoms with van der Waals surface area (Å²) in [6, 6.07) is 13.5. The molecular weight excluding hydrogens is 482 g/mol. The Bertz CT molecular complexity index is 873. The normalized spacial score (nSPS) is 11.5. The topological polar surface area (TPSA) is 73.8 Å². The second kappa shape index (κ2) is 10.5. The van der Waals surface area contributed by atoms with E-state index in [1.807, 2.05) is 30.1 Å². The maximum Gasteiger partial charge on any atom is 0.229 e. The molecule has 0 bridgehead atoms. The number of sulfonamides is 1. The van der Waals surface area contributed by atoms with Crippen molar-refractivity contribution in [2.24, 2.45) is 4.99 Å². The SMILES string of the molecule is CN=C(NCc1ccc(NS(C)(=O)=O)cc1)N(C)Cc1cccc(F)c1.I. The minimum atomic E-state index is -3.28. The van der Waals surface area contributed by atoms with Gasteiger partial charge in [-0.1, -0.05) is 24.3 Å². The third-order valence-electron chi connectivity index (χ3n) is 3.59. The number of nitrogens with one attached hydrogen (secondary N) is 2. The summed E-state index contributed by atoms with van der Waals surface area (Å²) < 4.78 is 38.2. The van der Waals surface area contributed by atoms with Crippen molar-refractivity contribution in [3.63, 3.8) is 0 Å². The maximum atomic E-state index is 13.3. The molecule has 0 amide bonds. The first kappa shape index (κ1) is 23.2. The minimum absolute atomic E-state index is 0. The summed E-state index contributed by atoms with van der Waals surface area (Å²) in [6.07, 6.45) is 1.11. The number of hydrogen-bond acceptors (Lipinski definition) is 3. The van der Waals surface area contributed by atoms with Gasteiger partial charge in [-0.3, -0.25) is 9.71 Å². The molecule has 0 aliphatic carbocycles. The highest BCUT2D eigenvalue weighted by atomic mass is 127. The summed E-state index contributed by atoms with van der Waals surface area (Å²) in [4.78, 5) is 6.13. The summed E-state index contributed by atoms with van der Waals surface area (Å²) in [5, 5.41) is 3.23. The first-order chi connectivity index (χ1) is 12.3. The Labute approximate surface area is 177 Å². The van der Waals surface area contributed by atoms with E-state index in [9.17, 15) is 12.8 Å². The molecule has 27 heavy (non-hydrogen) atoms. The first-order valence-corrected chi connectivity index (χ1v) is 9.89. The van der Waals surface area contributed by atoms with Crippen molar-refractivity contribution in [1.29, 1.82) is 0 Å². The van der Waals surface area contributed by atoms with Crippen LogP contribution in [0.3, 0.4) is 0 Å². The average molecular weight is 506 g/mol. The van der Waals surface area contributed by atoms with Crippen molar-refractivity contribution in [1.82, 2.24) is 10.2 Å². The van der Waals surface area contributed by atoms with Crippen LogP contribution in [-0.2, 0) is 23.1 Å². The third-order valence-corrected chi connectivity index (χ3v) is 4.20. The quantitative estimate of drug-likeness (QED) is 0.359. The van der Waals surface area contributed by atoms with E-state index in [0.717, 1.165) is 17.4 Å². The van der Waals surface area contributed by atoms with Crippen molar-refractivity contribution < 1.29 is 12.8 Å². The zero-order valence-electron chi connectivity index (χ0n) is 15.4. The molecule has 2 aromatic carbocycles. The highest BCUT2D eigenvalue weighted by Gasteiger charge is 2.08. The number of aliphatic imine (C=N–C) groups is 1. The average Bonchev–Trinajstić information content (AvgIpc) is 2.55. The van der Waals surface area contributed by atoms with Crippen molar-refractivity contribution in [2.45, 2.75) is 13.1 Å². The van der Waals surface area contributed by atoms with Crippen LogP contribution in [0.5, 0.6) is 0 Å². The molecule has 0 aliphatic rings. The van der Waals surface area contributed by atoms with Crippen molar-refractivity contribution in [2.75, 3.05) is 25.1 Å². The lowest BCUT2D eigenvalue weighted by atomic mass is 10.2. The van der Waals surface area contributed by atoms with Crippen LogP contribution in [0.25, 0.3) is 0 Å². The fraction of sp³-hybridized carbons (Fsp3) is 0.278. The summed E-state index contributed by atoms with van der Waals surface area (Å²) in [5.41, 5.74) is 2.35. The van der Waals surface area contributed by atoms with Gasteiger partial charge in [0.25, 0.3) is 0 Å². The van der Waals surface area contributed by atoms with Crippen LogP contribution in [0.15, 0.2) is 53.5 Å². The number of benzene rings is 2. The lowest BCUT2D eigenvalue weighted by Gasteiger charge is -2.22. The molecule has 2 N–H and O–H groups in total. The maximum absolute atomic E-state index is 13.3. The lowest BCUT2D eigenvalue weighted by Crippen LogP contribution is -2.38. The number of rotatable bonds is 6. The summed E-state index contributed by atoms with van der Waals surface area (Å²) in [5.74, 6) is 0.411. The van der Waals surface area contributed by atoms with E-state index in [4.69, 9.17) is 0 Å². The molecule has 2 aromatic rings. The van der Waals surface area contributed by atoms with Gasteiger partial charge in [0.1, 0.15) is 5.82 Å². The Morgan fingerprint density at radius 1 is 1.15 bits per heavy atom. The predicted molar refractivity (Wildman–Crippen MR) is 118 cm³/mol. The molecular formula is C18H24FIN4O2S. The molecule has 0 fully saturated rings. The Hall–Kier alpha value is -1.88. The van der Waals surface area contributed by atoms with Gasteiger partial charge in [-0.15, -0.1) is 24.0 Å². The third kappa shape index (κ3) is 8.12. The van der Waals surface area contributed by atoms with Crippen LogP contribution in [0.4, 0.5) is 10.1 Å². The summed E-state index contributed by atoms with van der Waals surface area (Å²) >= 11 is 0. The van der Waals surface area contributed by atoms with E-state index < -0.39 is 10.0 Å². The second-order valence-corrected chi connectivity index (χ2v) is 7.71. The van der Waals surface area contributed by atoms with E-state index in [0.29, 0.717) is 24.7 Å². The summed E-state index contributed by atoms with van der Waals surface area (Å²) in [6.45, 7) is 1.05. The fourth-order valence-electron chi connectivity index (χ4n) is 2.45. The van der Waals surface area contributed by atoms with Crippen LogP contribution in [0, 0.1) is 5.82 Å². The second-order valence-electron chi connectivity index (χ2n) is 5.96. The van der Waals surface area contributed by atoms with Gasteiger partial charge >= 0.3 is 0 Å². The molecule has 2 rings (SSSR count). The molecule has 0 aromatic heterocycles. The van der Waals surface area contributed by atoms with Gasteiger partial charge in [-0.05, 0) is 35.4 Å². The highest BCUT2D eigenvalue weighted by molar-refractivity contribution is 14.0. The van der Waals surface area contributed by atoms with E-state index in [2.05, 4.69) is 15.0 Å². The van der Waals surface area contributed by atoms with Gasteiger partial charge in [-0.25, -0.2) is 12.8 Å². The van der Waals surface area contributed by atoms with E-state index in [1.54, 1.807) is 25.2 Å². The van der Waals surface area contributed by atoms with Crippen LogP contribution >= 0.6 is 24.0 Å². The lowest BCUT2D eigenvalue weighted by molar-refractivity contribution is 0.474. The minimum Gasteiger partial charge on any atom is -0.352 e. The summed E-state index contributed by atoms with van der Waals surface area (Å²) in [7, 11) is 0.277. The Kier molecular flexibility index (Phi) is 8.97. The molecule has 148 valence electrons. The molecule has 0 saturated heterocycles. The predicted octanol–water partition coefficient (Wildman–Crippen LogP) is 3.02. The van der Waals surface area contributed by atoms with Crippen LogP contribution in [-0.4, -0.2) is 39.6 Å². The monoisotopic (exact) mass is 506 g/mol. The molecule has 0 aliphatic heterocycles. The zero-order valence-corrected chi connectivity index (χ0v) is 18.6. The smallest absolute Gasteiger partial charge is 0.229 e. The molecule has 6 nitrogen and oxygen atoms in total. The Morgan fingerprint density at radius 3 is 2.37 bits per heavy atom.